The number of aliphatic hydroxyl groups is 1. The maximum absolute atomic E-state index is 13.0. The zero-order valence-electron chi connectivity index (χ0n) is 14.9. The van der Waals surface area contributed by atoms with Gasteiger partial charge in [0.05, 0.1) is 0 Å². The Morgan fingerprint density at radius 3 is 2.04 bits per heavy atom. The van der Waals surface area contributed by atoms with Crippen LogP contribution >= 0.6 is 0 Å². The molecule has 0 amide bonds. The lowest BCUT2D eigenvalue weighted by molar-refractivity contribution is -0.170. The summed E-state index contributed by atoms with van der Waals surface area (Å²) in [7, 11) is 0. The first-order chi connectivity index (χ1) is 12.6. The van der Waals surface area contributed by atoms with Crippen molar-refractivity contribution in [2.24, 2.45) is 0 Å². The molecule has 136 valence electrons. The molecule has 2 aromatic carbocycles. The van der Waals surface area contributed by atoms with Crippen molar-refractivity contribution in [1.29, 1.82) is 0 Å². The summed E-state index contributed by atoms with van der Waals surface area (Å²) >= 11 is 0. The van der Waals surface area contributed by atoms with Crippen LogP contribution in [0.1, 0.15) is 24.0 Å². The SMILES string of the molecule is C=CCN1CCC(OC(=O)C(O)(c2ccccc2)c2ccccc2)CC1. The van der Waals surface area contributed by atoms with Crippen LogP contribution in [0.15, 0.2) is 73.3 Å². The Bertz CT molecular complexity index is 682. The average molecular weight is 351 g/mol. The molecule has 0 spiro atoms. The molecule has 0 atom stereocenters. The molecule has 0 saturated carbocycles. The molecule has 1 aliphatic rings. The average Bonchev–Trinajstić information content (AvgIpc) is 2.70. The van der Waals surface area contributed by atoms with E-state index in [9.17, 15) is 9.90 Å². The van der Waals surface area contributed by atoms with Gasteiger partial charge in [0.2, 0.25) is 5.60 Å². The number of hydrogen-bond donors (Lipinski definition) is 1. The summed E-state index contributed by atoms with van der Waals surface area (Å²) in [6.45, 7) is 6.33. The molecule has 0 aliphatic carbocycles. The highest BCUT2D eigenvalue weighted by atomic mass is 16.6. The molecule has 0 bridgehead atoms. The van der Waals surface area contributed by atoms with Gasteiger partial charge in [-0.2, -0.15) is 0 Å². The molecule has 1 heterocycles. The lowest BCUT2D eigenvalue weighted by atomic mass is 9.86. The van der Waals surface area contributed by atoms with Gasteiger partial charge in [0, 0.05) is 19.6 Å². The minimum Gasteiger partial charge on any atom is -0.460 e. The van der Waals surface area contributed by atoms with Gasteiger partial charge in [-0.05, 0) is 24.0 Å². The monoisotopic (exact) mass is 351 g/mol. The molecule has 0 radical (unpaired) electrons. The second kappa shape index (κ2) is 8.30. The number of benzene rings is 2. The fourth-order valence-corrected chi connectivity index (χ4v) is 3.39. The predicted molar refractivity (Wildman–Crippen MR) is 102 cm³/mol. The van der Waals surface area contributed by atoms with Crippen LogP contribution in [0.2, 0.25) is 0 Å². The van der Waals surface area contributed by atoms with Crippen LogP contribution in [0.5, 0.6) is 0 Å². The van der Waals surface area contributed by atoms with E-state index in [0.717, 1.165) is 32.5 Å². The summed E-state index contributed by atoms with van der Waals surface area (Å²) in [5, 5.41) is 11.4. The zero-order chi connectivity index (χ0) is 18.4. The zero-order valence-corrected chi connectivity index (χ0v) is 14.9. The van der Waals surface area contributed by atoms with Crippen LogP contribution in [0.25, 0.3) is 0 Å². The van der Waals surface area contributed by atoms with E-state index in [1.165, 1.54) is 0 Å². The third-order valence-corrected chi connectivity index (χ3v) is 4.87. The van der Waals surface area contributed by atoms with Crippen molar-refractivity contribution in [3.63, 3.8) is 0 Å². The van der Waals surface area contributed by atoms with Gasteiger partial charge in [0.25, 0.3) is 0 Å². The van der Waals surface area contributed by atoms with E-state index in [1.807, 2.05) is 42.5 Å². The molecule has 1 fully saturated rings. The Kier molecular flexibility index (Phi) is 5.86. The first-order valence-electron chi connectivity index (χ1n) is 9.02. The highest BCUT2D eigenvalue weighted by Crippen LogP contribution is 2.32. The van der Waals surface area contributed by atoms with Crippen LogP contribution in [0.4, 0.5) is 0 Å². The third kappa shape index (κ3) is 3.87. The van der Waals surface area contributed by atoms with Gasteiger partial charge in [-0.3, -0.25) is 4.90 Å². The fraction of sp³-hybridized carbons (Fsp3) is 0.318. The van der Waals surface area contributed by atoms with E-state index >= 15 is 0 Å². The number of ether oxygens (including phenoxy) is 1. The van der Waals surface area contributed by atoms with Crippen LogP contribution in [0.3, 0.4) is 0 Å². The summed E-state index contributed by atoms with van der Waals surface area (Å²) in [5.74, 6) is -0.614. The number of rotatable bonds is 6. The van der Waals surface area contributed by atoms with Gasteiger partial charge in [-0.25, -0.2) is 4.79 Å². The largest absolute Gasteiger partial charge is 0.460 e. The normalized spacial score (nSPS) is 16.2. The molecule has 1 N–H and O–H groups in total. The second-order valence-corrected chi connectivity index (χ2v) is 6.64. The number of nitrogens with zero attached hydrogens (tertiary/aromatic N) is 1. The van der Waals surface area contributed by atoms with Gasteiger partial charge < -0.3 is 9.84 Å². The van der Waals surface area contributed by atoms with Gasteiger partial charge >= 0.3 is 5.97 Å². The predicted octanol–water partition coefficient (Wildman–Crippen LogP) is 3.12. The van der Waals surface area contributed by atoms with Crippen LogP contribution < -0.4 is 0 Å². The lowest BCUT2D eigenvalue weighted by Gasteiger charge is -2.34. The van der Waals surface area contributed by atoms with Crippen LogP contribution in [-0.2, 0) is 15.1 Å². The molecule has 4 heteroatoms. The summed E-state index contributed by atoms with van der Waals surface area (Å²) in [6.07, 6.45) is 3.23. The summed E-state index contributed by atoms with van der Waals surface area (Å²) in [5.41, 5.74) is -0.776. The molecule has 4 nitrogen and oxygen atoms in total. The molecular weight excluding hydrogens is 326 g/mol. The first kappa shape index (κ1) is 18.4. The number of carbonyl (C=O) groups excluding carboxylic acids is 1. The van der Waals surface area contributed by atoms with Gasteiger partial charge in [0.15, 0.2) is 0 Å². The Balaban J connectivity index is 1.80. The van der Waals surface area contributed by atoms with E-state index in [1.54, 1.807) is 24.3 Å². The molecular formula is C22H25NO3. The van der Waals surface area contributed by atoms with Gasteiger partial charge in [-0.15, -0.1) is 6.58 Å². The second-order valence-electron chi connectivity index (χ2n) is 6.64. The van der Waals surface area contributed by atoms with Crippen molar-refractivity contribution in [2.45, 2.75) is 24.5 Å². The Morgan fingerprint density at radius 2 is 1.58 bits per heavy atom. The highest BCUT2D eigenvalue weighted by molar-refractivity contribution is 5.85. The van der Waals surface area contributed by atoms with Crippen molar-refractivity contribution in [3.05, 3.63) is 84.4 Å². The molecule has 0 aromatic heterocycles. The van der Waals surface area contributed by atoms with Gasteiger partial charge in [0.1, 0.15) is 6.10 Å². The van der Waals surface area contributed by atoms with E-state index in [0.29, 0.717) is 11.1 Å². The van der Waals surface area contributed by atoms with Crippen molar-refractivity contribution in [2.75, 3.05) is 19.6 Å². The highest BCUT2D eigenvalue weighted by Gasteiger charge is 2.42. The summed E-state index contributed by atoms with van der Waals surface area (Å²) in [6, 6.07) is 18.0. The van der Waals surface area contributed by atoms with Crippen molar-refractivity contribution in [1.82, 2.24) is 4.90 Å². The van der Waals surface area contributed by atoms with E-state index in [4.69, 9.17) is 4.74 Å². The van der Waals surface area contributed by atoms with E-state index < -0.39 is 11.6 Å². The van der Waals surface area contributed by atoms with Crippen LogP contribution in [0, 0.1) is 0 Å². The van der Waals surface area contributed by atoms with E-state index in [2.05, 4.69) is 11.5 Å². The Hall–Kier alpha value is -2.43. The molecule has 1 saturated heterocycles. The quantitative estimate of drug-likeness (QED) is 0.642. The standard InChI is InChI=1S/C22H25NO3/c1-2-15-23-16-13-20(14-17-23)26-21(24)22(25,18-9-5-3-6-10-18)19-11-7-4-8-12-19/h2-12,20,25H,1,13-17H2. The van der Waals surface area contributed by atoms with Crippen molar-refractivity contribution in [3.8, 4) is 0 Å². The molecule has 2 aromatic rings. The van der Waals surface area contributed by atoms with E-state index in [-0.39, 0.29) is 6.10 Å². The Labute approximate surface area is 154 Å². The molecule has 26 heavy (non-hydrogen) atoms. The molecule has 1 aliphatic heterocycles. The number of carbonyl (C=O) groups is 1. The fourth-order valence-electron chi connectivity index (χ4n) is 3.39. The number of esters is 1. The van der Waals surface area contributed by atoms with Crippen LogP contribution in [-0.4, -0.2) is 41.7 Å². The molecule has 3 rings (SSSR count). The maximum atomic E-state index is 13.0. The minimum absolute atomic E-state index is 0.178. The lowest BCUT2D eigenvalue weighted by Crippen LogP contribution is -2.43. The first-order valence-corrected chi connectivity index (χ1v) is 9.02. The summed E-state index contributed by atoms with van der Waals surface area (Å²) in [4.78, 5) is 15.3. The maximum Gasteiger partial charge on any atom is 0.347 e. The topological polar surface area (TPSA) is 49.8 Å². The smallest absolute Gasteiger partial charge is 0.347 e. The molecule has 0 unspecified atom stereocenters. The minimum atomic E-state index is -1.80. The Morgan fingerprint density at radius 1 is 1.08 bits per heavy atom. The number of piperidine rings is 1. The van der Waals surface area contributed by atoms with Gasteiger partial charge in [-0.1, -0.05) is 66.7 Å². The van der Waals surface area contributed by atoms with Crippen molar-refractivity contribution < 1.29 is 14.6 Å². The number of likely N-dealkylation sites (tertiary alicyclic amines) is 1. The number of hydrogen-bond acceptors (Lipinski definition) is 4. The third-order valence-electron chi connectivity index (χ3n) is 4.87. The van der Waals surface area contributed by atoms with Crippen molar-refractivity contribution >= 4 is 5.97 Å². The summed E-state index contributed by atoms with van der Waals surface area (Å²) < 4.78 is 5.75.